The van der Waals surface area contributed by atoms with Gasteiger partial charge in [0.05, 0.1) is 0 Å². The summed E-state index contributed by atoms with van der Waals surface area (Å²) in [6.07, 6.45) is 0.554. The van der Waals surface area contributed by atoms with Crippen LogP contribution in [0.1, 0.15) is 22.0 Å². The van der Waals surface area contributed by atoms with Crippen molar-refractivity contribution in [3.8, 4) is 0 Å². The van der Waals surface area contributed by atoms with Crippen molar-refractivity contribution in [2.24, 2.45) is 0 Å². The van der Waals surface area contributed by atoms with Crippen LogP contribution in [0.2, 0.25) is 0 Å². The molecule has 1 atom stereocenters. The Balaban J connectivity index is 2.32. The molecule has 1 amide bonds. The molecule has 2 aromatic carbocycles. The smallest absolute Gasteiger partial charge is 0.207 e. The van der Waals surface area contributed by atoms with Crippen LogP contribution in [-0.2, 0) is 4.79 Å². The number of benzene rings is 2. The Kier molecular flexibility index (Phi) is 3.86. The minimum atomic E-state index is -0.633. The van der Waals surface area contributed by atoms with Crippen LogP contribution >= 0.6 is 0 Å². The van der Waals surface area contributed by atoms with Crippen LogP contribution in [0.5, 0.6) is 0 Å². The summed E-state index contributed by atoms with van der Waals surface area (Å²) in [5.74, 6) is -0.117. The van der Waals surface area contributed by atoms with Crippen LogP contribution in [0.4, 0.5) is 0 Å². The first-order chi connectivity index (χ1) is 8.83. The Labute approximate surface area is 105 Å². The first kappa shape index (κ1) is 12.0. The molecule has 0 aliphatic rings. The van der Waals surface area contributed by atoms with Gasteiger partial charge in [0, 0.05) is 5.56 Å². The molecule has 2 rings (SSSR count). The van der Waals surface area contributed by atoms with Crippen molar-refractivity contribution in [3.63, 3.8) is 0 Å². The van der Waals surface area contributed by atoms with Crippen molar-refractivity contribution >= 4 is 12.2 Å². The van der Waals surface area contributed by atoms with E-state index in [1.54, 1.807) is 24.3 Å². The molecule has 0 aliphatic carbocycles. The van der Waals surface area contributed by atoms with Crippen LogP contribution in [0.15, 0.2) is 60.7 Å². The predicted molar refractivity (Wildman–Crippen MR) is 69.2 cm³/mol. The lowest BCUT2D eigenvalue weighted by atomic mass is 9.98. The minimum Gasteiger partial charge on any atom is -0.344 e. The minimum absolute atomic E-state index is 0.117. The SMILES string of the molecule is O=CNC(C(=O)c1ccccc1)c1ccccc1. The number of rotatable bonds is 5. The monoisotopic (exact) mass is 239 g/mol. The van der Waals surface area contributed by atoms with Crippen molar-refractivity contribution in [2.75, 3.05) is 0 Å². The van der Waals surface area contributed by atoms with Gasteiger partial charge in [0.1, 0.15) is 6.04 Å². The Morgan fingerprint density at radius 1 is 0.944 bits per heavy atom. The summed E-state index contributed by atoms with van der Waals surface area (Å²) in [6, 6.07) is 17.5. The summed E-state index contributed by atoms with van der Waals surface area (Å²) in [7, 11) is 0. The quantitative estimate of drug-likeness (QED) is 0.643. The summed E-state index contributed by atoms with van der Waals surface area (Å²) in [5, 5.41) is 2.57. The largest absolute Gasteiger partial charge is 0.344 e. The van der Waals surface area contributed by atoms with Crippen molar-refractivity contribution in [1.82, 2.24) is 5.32 Å². The summed E-state index contributed by atoms with van der Waals surface area (Å²) in [6.45, 7) is 0. The highest BCUT2D eigenvalue weighted by Gasteiger charge is 2.20. The lowest BCUT2D eigenvalue weighted by Crippen LogP contribution is -2.27. The maximum atomic E-state index is 12.3. The van der Waals surface area contributed by atoms with Crippen molar-refractivity contribution in [2.45, 2.75) is 6.04 Å². The van der Waals surface area contributed by atoms with E-state index in [4.69, 9.17) is 0 Å². The molecule has 0 aliphatic heterocycles. The predicted octanol–water partition coefficient (Wildman–Crippen LogP) is 2.36. The Morgan fingerprint density at radius 2 is 1.50 bits per heavy atom. The van der Waals surface area contributed by atoms with Crippen LogP contribution in [0.25, 0.3) is 0 Å². The molecule has 1 N–H and O–H groups in total. The van der Waals surface area contributed by atoms with Gasteiger partial charge in [-0.25, -0.2) is 0 Å². The van der Waals surface area contributed by atoms with Gasteiger partial charge >= 0.3 is 0 Å². The first-order valence-corrected chi connectivity index (χ1v) is 5.67. The van der Waals surface area contributed by atoms with Crippen LogP contribution in [0.3, 0.4) is 0 Å². The molecule has 0 radical (unpaired) electrons. The van der Waals surface area contributed by atoms with Crippen molar-refractivity contribution in [3.05, 3.63) is 71.8 Å². The number of hydrogen-bond donors (Lipinski definition) is 1. The van der Waals surface area contributed by atoms with Gasteiger partial charge in [-0.3, -0.25) is 9.59 Å². The number of hydrogen-bond acceptors (Lipinski definition) is 2. The third kappa shape index (κ3) is 2.63. The summed E-state index contributed by atoms with van der Waals surface area (Å²) in [5.41, 5.74) is 1.36. The summed E-state index contributed by atoms with van der Waals surface area (Å²) < 4.78 is 0. The molecule has 0 fully saturated rings. The fourth-order valence-corrected chi connectivity index (χ4v) is 1.81. The Hall–Kier alpha value is -2.42. The standard InChI is InChI=1S/C15H13NO2/c17-11-16-14(12-7-3-1-4-8-12)15(18)13-9-5-2-6-10-13/h1-11,14H,(H,16,17). The van der Waals surface area contributed by atoms with E-state index < -0.39 is 6.04 Å². The zero-order valence-electron chi connectivity index (χ0n) is 9.74. The first-order valence-electron chi connectivity index (χ1n) is 5.67. The van der Waals surface area contributed by atoms with Gasteiger partial charge < -0.3 is 5.32 Å². The molecule has 1 unspecified atom stereocenters. The van der Waals surface area contributed by atoms with Crippen LogP contribution in [-0.4, -0.2) is 12.2 Å². The van der Waals surface area contributed by atoms with Crippen LogP contribution < -0.4 is 5.32 Å². The average Bonchev–Trinajstić information content (AvgIpc) is 2.46. The molecule has 0 spiro atoms. The average molecular weight is 239 g/mol. The number of amides is 1. The Bertz CT molecular complexity index is 523. The zero-order valence-corrected chi connectivity index (χ0v) is 9.74. The summed E-state index contributed by atoms with van der Waals surface area (Å²) >= 11 is 0. The lowest BCUT2D eigenvalue weighted by Gasteiger charge is -2.15. The highest BCUT2D eigenvalue weighted by atomic mass is 16.1. The number of nitrogens with one attached hydrogen (secondary N) is 1. The second-order valence-corrected chi connectivity index (χ2v) is 3.86. The van der Waals surface area contributed by atoms with E-state index >= 15 is 0 Å². The third-order valence-electron chi connectivity index (χ3n) is 2.69. The highest BCUT2D eigenvalue weighted by molar-refractivity contribution is 6.01. The maximum absolute atomic E-state index is 12.3. The van der Waals surface area contributed by atoms with Gasteiger partial charge in [-0.05, 0) is 5.56 Å². The fourth-order valence-electron chi connectivity index (χ4n) is 1.81. The normalized spacial score (nSPS) is 11.6. The van der Waals surface area contributed by atoms with E-state index in [1.165, 1.54) is 0 Å². The van der Waals surface area contributed by atoms with Gasteiger partial charge in [-0.2, -0.15) is 0 Å². The maximum Gasteiger partial charge on any atom is 0.207 e. The van der Waals surface area contributed by atoms with Gasteiger partial charge in [-0.15, -0.1) is 0 Å². The number of Topliss-reactive ketones (excluding diaryl/α,β-unsaturated/α-hetero) is 1. The number of carbonyl (C=O) groups excluding carboxylic acids is 2. The van der Waals surface area contributed by atoms with E-state index in [1.807, 2.05) is 36.4 Å². The van der Waals surface area contributed by atoms with Crippen molar-refractivity contribution < 1.29 is 9.59 Å². The molecule has 18 heavy (non-hydrogen) atoms. The lowest BCUT2D eigenvalue weighted by molar-refractivity contribution is -0.110. The van der Waals surface area contributed by atoms with Crippen molar-refractivity contribution in [1.29, 1.82) is 0 Å². The summed E-state index contributed by atoms with van der Waals surface area (Å²) in [4.78, 5) is 23.0. The van der Waals surface area contributed by atoms with Crippen LogP contribution in [0, 0.1) is 0 Å². The fraction of sp³-hybridized carbons (Fsp3) is 0.0667. The van der Waals surface area contributed by atoms with E-state index in [9.17, 15) is 9.59 Å². The molecule has 90 valence electrons. The van der Waals surface area contributed by atoms with Gasteiger partial charge in [-0.1, -0.05) is 60.7 Å². The van der Waals surface area contributed by atoms with E-state index in [2.05, 4.69) is 5.32 Å². The topological polar surface area (TPSA) is 46.2 Å². The molecule has 0 bridgehead atoms. The molecule has 2 aromatic rings. The van der Waals surface area contributed by atoms with Gasteiger partial charge in [0.2, 0.25) is 6.41 Å². The third-order valence-corrected chi connectivity index (χ3v) is 2.69. The molecule has 3 heteroatoms. The van der Waals surface area contributed by atoms with E-state index in [0.29, 0.717) is 12.0 Å². The number of ketones is 1. The molecule has 0 saturated carbocycles. The molecule has 0 heterocycles. The molecule has 3 nitrogen and oxygen atoms in total. The second kappa shape index (κ2) is 5.77. The molecule has 0 saturated heterocycles. The van der Waals surface area contributed by atoms with E-state index in [0.717, 1.165) is 5.56 Å². The second-order valence-electron chi connectivity index (χ2n) is 3.86. The Morgan fingerprint density at radius 3 is 2.06 bits per heavy atom. The zero-order chi connectivity index (χ0) is 12.8. The van der Waals surface area contributed by atoms with Gasteiger partial charge in [0.15, 0.2) is 5.78 Å². The molecular weight excluding hydrogens is 226 g/mol. The number of carbonyl (C=O) groups is 2. The molecule has 0 aromatic heterocycles. The highest BCUT2D eigenvalue weighted by Crippen LogP contribution is 2.17. The molecular formula is C15H13NO2. The van der Waals surface area contributed by atoms with Gasteiger partial charge in [0.25, 0.3) is 0 Å². The van der Waals surface area contributed by atoms with E-state index in [-0.39, 0.29) is 5.78 Å².